The highest BCUT2D eigenvalue weighted by Crippen LogP contribution is 2.23. The van der Waals surface area contributed by atoms with Crippen LogP contribution in [-0.2, 0) is 9.59 Å². The molecule has 0 spiro atoms. The zero-order valence-electron chi connectivity index (χ0n) is 14.6. The average molecular weight is 407 g/mol. The van der Waals surface area contributed by atoms with E-state index in [1.165, 1.54) is 23.9 Å². The van der Waals surface area contributed by atoms with Gasteiger partial charge in [0.25, 0.3) is 0 Å². The molecular formula is C19H19ClN2O4S. The second kappa shape index (κ2) is 9.99. The number of benzene rings is 2. The molecule has 0 aromatic heterocycles. The van der Waals surface area contributed by atoms with Crippen LogP contribution in [0.25, 0.3) is 0 Å². The third-order valence-electron chi connectivity index (χ3n) is 3.45. The summed E-state index contributed by atoms with van der Waals surface area (Å²) in [4.78, 5) is 35.7. The third kappa shape index (κ3) is 6.62. The van der Waals surface area contributed by atoms with E-state index in [9.17, 15) is 14.4 Å². The number of amides is 2. The molecule has 0 aliphatic heterocycles. The van der Waals surface area contributed by atoms with Crippen molar-refractivity contribution >= 4 is 52.5 Å². The lowest BCUT2D eigenvalue weighted by Gasteiger charge is -2.08. The summed E-state index contributed by atoms with van der Waals surface area (Å²) in [6.07, 6.45) is 1.23. The Hall–Kier alpha value is -2.51. The summed E-state index contributed by atoms with van der Waals surface area (Å²) in [6.45, 7) is 1.94. The van der Waals surface area contributed by atoms with Crippen molar-refractivity contribution in [1.29, 1.82) is 0 Å². The van der Waals surface area contributed by atoms with Gasteiger partial charge in [0.05, 0.1) is 16.3 Å². The zero-order valence-corrected chi connectivity index (χ0v) is 16.2. The van der Waals surface area contributed by atoms with Crippen LogP contribution >= 0.6 is 23.4 Å². The summed E-state index contributed by atoms with van der Waals surface area (Å²) < 4.78 is 0. The maximum atomic E-state index is 12.1. The van der Waals surface area contributed by atoms with Gasteiger partial charge in [0, 0.05) is 22.7 Å². The van der Waals surface area contributed by atoms with E-state index in [1.807, 2.05) is 13.0 Å². The summed E-state index contributed by atoms with van der Waals surface area (Å²) in [6, 6.07) is 11.5. The molecule has 142 valence electrons. The van der Waals surface area contributed by atoms with Gasteiger partial charge >= 0.3 is 5.97 Å². The maximum absolute atomic E-state index is 12.1. The molecule has 0 aliphatic rings. The molecule has 2 aromatic carbocycles. The van der Waals surface area contributed by atoms with Crippen LogP contribution in [0.15, 0.2) is 47.4 Å². The van der Waals surface area contributed by atoms with E-state index >= 15 is 0 Å². The summed E-state index contributed by atoms with van der Waals surface area (Å²) in [5.74, 6) is -1.35. The summed E-state index contributed by atoms with van der Waals surface area (Å²) in [5.41, 5.74) is 0.975. The molecule has 0 unspecified atom stereocenters. The minimum absolute atomic E-state index is 0.0469. The fraction of sp³-hybridized carbons (Fsp3) is 0.211. The quantitative estimate of drug-likeness (QED) is 0.560. The summed E-state index contributed by atoms with van der Waals surface area (Å²) >= 11 is 7.12. The zero-order chi connectivity index (χ0) is 19.8. The molecule has 8 heteroatoms. The van der Waals surface area contributed by atoms with E-state index in [0.717, 1.165) is 11.3 Å². The molecule has 0 aliphatic carbocycles. The van der Waals surface area contributed by atoms with Crippen LogP contribution in [0.3, 0.4) is 0 Å². The molecule has 3 N–H and O–H groups in total. The number of nitrogens with one attached hydrogen (secondary N) is 2. The Morgan fingerprint density at radius 1 is 1.04 bits per heavy atom. The molecule has 0 saturated carbocycles. The predicted octanol–water partition coefficient (Wildman–Crippen LogP) is 4.51. The predicted molar refractivity (Wildman–Crippen MR) is 108 cm³/mol. The minimum atomic E-state index is -1.16. The lowest BCUT2D eigenvalue weighted by atomic mass is 10.2. The first kappa shape index (κ1) is 20.8. The number of hydrogen-bond donors (Lipinski definition) is 3. The van der Waals surface area contributed by atoms with Crippen LogP contribution < -0.4 is 10.6 Å². The molecule has 0 atom stereocenters. The SMILES string of the molecule is CCCC(=O)Nc1cccc(SCC(=O)Nc2ccc(Cl)c(C(=O)O)c2)c1. The monoisotopic (exact) mass is 406 g/mol. The Balaban J connectivity index is 1.93. The molecule has 6 nitrogen and oxygen atoms in total. The molecular weight excluding hydrogens is 388 g/mol. The highest BCUT2D eigenvalue weighted by atomic mass is 35.5. The second-order valence-corrected chi connectivity index (χ2v) is 7.12. The van der Waals surface area contributed by atoms with Crippen LogP contribution in [0.5, 0.6) is 0 Å². The van der Waals surface area contributed by atoms with Crippen molar-refractivity contribution < 1.29 is 19.5 Å². The van der Waals surface area contributed by atoms with Crippen molar-refractivity contribution in [2.24, 2.45) is 0 Å². The van der Waals surface area contributed by atoms with Gasteiger partial charge < -0.3 is 15.7 Å². The van der Waals surface area contributed by atoms with E-state index in [4.69, 9.17) is 16.7 Å². The number of carbonyl (C=O) groups is 3. The topological polar surface area (TPSA) is 95.5 Å². The van der Waals surface area contributed by atoms with Gasteiger partial charge in [-0.15, -0.1) is 11.8 Å². The number of hydrogen-bond acceptors (Lipinski definition) is 4. The first-order chi connectivity index (χ1) is 12.9. The van der Waals surface area contributed by atoms with Crippen molar-refractivity contribution in [1.82, 2.24) is 0 Å². The average Bonchev–Trinajstić information content (AvgIpc) is 2.62. The fourth-order valence-corrected chi connectivity index (χ4v) is 3.18. The highest BCUT2D eigenvalue weighted by molar-refractivity contribution is 8.00. The molecule has 2 aromatic rings. The Morgan fingerprint density at radius 2 is 1.74 bits per heavy atom. The summed E-state index contributed by atoms with van der Waals surface area (Å²) in [5, 5.41) is 14.6. The van der Waals surface area contributed by atoms with Crippen LogP contribution in [0.1, 0.15) is 30.1 Å². The van der Waals surface area contributed by atoms with Crippen molar-refractivity contribution in [3.8, 4) is 0 Å². The molecule has 2 rings (SSSR count). The first-order valence-corrected chi connectivity index (χ1v) is 9.60. The van der Waals surface area contributed by atoms with E-state index in [2.05, 4.69) is 10.6 Å². The largest absolute Gasteiger partial charge is 0.478 e. The van der Waals surface area contributed by atoms with Gasteiger partial charge in [-0.1, -0.05) is 24.6 Å². The highest BCUT2D eigenvalue weighted by Gasteiger charge is 2.11. The molecule has 0 heterocycles. The van der Waals surface area contributed by atoms with Crippen LogP contribution in [0, 0.1) is 0 Å². The number of halogens is 1. The van der Waals surface area contributed by atoms with Crippen molar-refractivity contribution in [3.63, 3.8) is 0 Å². The van der Waals surface area contributed by atoms with Crippen LogP contribution in [-0.4, -0.2) is 28.6 Å². The molecule has 0 saturated heterocycles. The second-order valence-electron chi connectivity index (χ2n) is 5.66. The molecule has 0 fully saturated rings. The number of aromatic carboxylic acids is 1. The number of thioether (sulfide) groups is 1. The molecule has 0 radical (unpaired) electrons. The van der Waals surface area contributed by atoms with Crippen LogP contribution in [0.2, 0.25) is 5.02 Å². The van der Waals surface area contributed by atoms with Crippen LogP contribution in [0.4, 0.5) is 11.4 Å². The number of anilines is 2. The molecule has 2 amide bonds. The smallest absolute Gasteiger partial charge is 0.337 e. The van der Waals surface area contributed by atoms with Gasteiger partial charge in [-0.05, 0) is 42.8 Å². The Kier molecular flexibility index (Phi) is 7.69. The Morgan fingerprint density at radius 3 is 2.44 bits per heavy atom. The standard InChI is InChI=1S/C19H19ClN2O4S/c1-2-4-17(23)21-12-5-3-6-14(9-12)27-11-18(24)22-13-7-8-16(20)15(10-13)19(25)26/h3,5-10H,2,4,11H2,1H3,(H,21,23)(H,22,24)(H,25,26). The van der Waals surface area contributed by atoms with Gasteiger partial charge in [-0.2, -0.15) is 0 Å². The lowest BCUT2D eigenvalue weighted by molar-refractivity contribution is -0.116. The number of carboxylic acid groups (broad SMARTS) is 1. The Bertz CT molecular complexity index is 857. The third-order valence-corrected chi connectivity index (χ3v) is 4.77. The maximum Gasteiger partial charge on any atom is 0.337 e. The van der Waals surface area contributed by atoms with Gasteiger partial charge in [0.2, 0.25) is 11.8 Å². The number of rotatable bonds is 8. The minimum Gasteiger partial charge on any atom is -0.478 e. The normalized spacial score (nSPS) is 10.3. The number of carboxylic acids is 1. The summed E-state index contributed by atoms with van der Waals surface area (Å²) in [7, 11) is 0. The first-order valence-electron chi connectivity index (χ1n) is 8.24. The number of carbonyl (C=O) groups excluding carboxylic acids is 2. The van der Waals surface area contributed by atoms with E-state index in [0.29, 0.717) is 17.8 Å². The fourth-order valence-electron chi connectivity index (χ4n) is 2.23. The molecule has 0 bridgehead atoms. The van der Waals surface area contributed by atoms with Crippen molar-refractivity contribution in [2.75, 3.05) is 16.4 Å². The van der Waals surface area contributed by atoms with Crippen molar-refractivity contribution in [2.45, 2.75) is 24.7 Å². The van der Waals surface area contributed by atoms with E-state index in [1.54, 1.807) is 24.3 Å². The van der Waals surface area contributed by atoms with Gasteiger partial charge in [0.15, 0.2) is 0 Å². The van der Waals surface area contributed by atoms with Crippen molar-refractivity contribution in [3.05, 3.63) is 53.1 Å². The Labute approximate surface area is 166 Å². The molecule has 27 heavy (non-hydrogen) atoms. The van der Waals surface area contributed by atoms with Gasteiger partial charge in [-0.25, -0.2) is 4.79 Å². The van der Waals surface area contributed by atoms with Gasteiger partial charge in [0.1, 0.15) is 0 Å². The van der Waals surface area contributed by atoms with Gasteiger partial charge in [-0.3, -0.25) is 9.59 Å². The van der Waals surface area contributed by atoms with E-state index in [-0.39, 0.29) is 28.2 Å². The van der Waals surface area contributed by atoms with E-state index < -0.39 is 5.97 Å². The lowest BCUT2D eigenvalue weighted by Crippen LogP contribution is -2.14.